The smallest absolute Gasteiger partial charge is 0.245 e. The van der Waals surface area contributed by atoms with Gasteiger partial charge < -0.3 is 10.1 Å². The summed E-state index contributed by atoms with van der Waals surface area (Å²) in [7, 11) is -6.36. The second kappa shape index (κ2) is 9.05. The van der Waals surface area contributed by atoms with E-state index in [-0.39, 0.29) is 23.0 Å². The van der Waals surface area contributed by atoms with E-state index >= 15 is 0 Å². The Labute approximate surface area is 187 Å². The van der Waals surface area contributed by atoms with Gasteiger partial charge in [0.1, 0.15) is 10.8 Å². The molecule has 3 rings (SSSR count). The molecule has 0 aliphatic carbocycles. The number of rotatable bonds is 8. The van der Waals surface area contributed by atoms with E-state index in [0.29, 0.717) is 15.8 Å². The van der Waals surface area contributed by atoms with Gasteiger partial charge in [0, 0.05) is 24.4 Å². The van der Waals surface area contributed by atoms with E-state index in [1.165, 1.54) is 13.2 Å². The van der Waals surface area contributed by atoms with Crippen LogP contribution in [-0.2, 0) is 24.7 Å². The lowest BCUT2D eigenvalue weighted by molar-refractivity contribution is -0.120. The number of methoxy groups -OCH3 is 1. The minimum Gasteiger partial charge on any atom is -0.481 e. The molecule has 1 unspecified atom stereocenters. The molecular formula is C18H19FN4O6S3. The summed E-state index contributed by atoms with van der Waals surface area (Å²) in [5.41, 5.74) is 1.13. The molecule has 1 amide bonds. The van der Waals surface area contributed by atoms with Crippen molar-refractivity contribution in [2.24, 2.45) is 5.14 Å². The number of pyridine rings is 1. The Morgan fingerprint density at radius 3 is 2.62 bits per heavy atom. The Morgan fingerprint density at radius 2 is 2.00 bits per heavy atom. The van der Waals surface area contributed by atoms with Crippen molar-refractivity contribution < 1.29 is 30.8 Å². The van der Waals surface area contributed by atoms with Crippen LogP contribution in [0.4, 0.5) is 4.39 Å². The summed E-state index contributed by atoms with van der Waals surface area (Å²) in [4.78, 5) is 20.6. The molecule has 32 heavy (non-hydrogen) atoms. The first-order chi connectivity index (χ1) is 14.9. The van der Waals surface area contributed by atoms with Gasteiger partial charge in [0.05, 0.1) is 29.3 Å². The summed E-state index contributed by atoms with van der Waals surface area (Å²) in [6.07, 6.45) is 1.91. The molecule has 2 aromatic heterocycles. The quantitative estimate of drug-likeness (QED) is 0.461. The maximum absolute atomic E-state index is 14.3. The fourth-order valence-electron chi connectivity index (χ4n) is 2.87. The van der Waals surface area contributed by atoms with Gasteiger partial charge in [-0.25, -0.2) is 36.3 Å². The van der Waals surface area contributed by atoms with Crippen LogP contribution >= 0.6 is 11.3 Å². The van der Waals surface area contributed by atoms with Crippen LogP contribution in [0.1, 0.15) is 10.3 Å². The number of benzene rings is 1. The summed E-state index contributed by atoms with van der Waals surface area (Å²) < 4.78 is 66.5. The molecular weight excluding hydrogens is 483 g/mol. The Balaban J connectivity index is 1.97. The highest BCUT2D eigenvalue weighted by molar-refractivity contribution is 7.91. The number of halogens is 1. The van der Waals surface area contributed by atoms with Gasteiger partial charge in [-0.3, -0.25) is 4.79 Å². The van der Waals surface area contributed by atoms with Gasteiger partial charge in [-0.1, -0.05) is 6.07 Å². The van der Waals surface area contributed by atoms with Crippen LogP contribution in [0, 0.1) is 5.82 Å². The number of fused-ring (bicyclic) bond motifs is 1. The van der Waals surface area contributed by atoms with Gasteiger partial charge >= 0.3 is 0 Å². The number of sulfone groups is 1. The molecule has 14 heteroatoms. The summed E-state index contributed by atoms with van der Waals surface area (Å²) in [5, 5.41) is 5.52. The summed E-state index contributed by atoms with van der Waals surface area (Å²) >= 11 is 0.961. The van der Waals surface area contributed by atoms with Crippen LogP contribution in [0.15, 0.2) is 30.5 Å². The lowest BCUT2D eigenvalue weighted by Gasteiger charge is -2.12. The lowest BCUT2D eigenvalue weighted by atomic mass is 10.1. The number of aromatic nitrogens is 2. The van der Waals surface area contributed by atoms with Gasteiger partial charge in [0.15, 0.2) is 15.1 Å². The highest BCUT2D eigenvalue weighted by Gasteiger charge is 2.34. The van der Waals surface area contributed by atoms with Crippen LogP contribution in [0.2, 0.25) is 0 Å². The molecule has 0 aliphatic rings. The first-order valence-electron chi connectivity index (χ1n) is 8.96. The first kappa shape index (κ1) is 24.0. The van der Waals surface area contributed by atoms with E-state index in [4.69, 9.17) is 9.88 Å². The molecule has 0 fully saturated rings. The number of sulfonamides is 1. The number of nitrogens with two attached hydrogens (primary N) is 1. The average molecular weight is 503 g/mol. The number of hydrogen-bond donors (Lipinski definition) is 2. The molecule has 0 radical (unpaired) electrons. The molecule has 3 aromatic rings. The van der Waals surface area contributed by atoms with Crippen molar-refractivity contribution in [3.8, 4) is 17.0 Å². The number of primary sulfonamides is 1. The van der Waals surface area contributed by atoms with Crippen LogP contribution in [0.5, 0.6) is 5.88 Å². The third-order valence-corrected chi connectivity index (χ3v) is 7.63. The van der Waals surface area contributed by atoms with E-state index in [9.17, 15) is 26.0 Å². The fourth-order valence-corrected chi connectivity index (χ4v) is 5.81. The number of nitrogens with zero attached hydrogens (tertiary/aromatic N) is 2. The van der Waals surface area contributed by atoms with Crippen molar-refractivity contribution in [1.29, 1.82) is 0 Å². The Kier molecular flexibility index (Phi) is 6.78. The van der Waals surface area contributed by atoms with Crippen molar-refractivity contribution >= 4 is 47.3 Å². The van der Waals surface area contributed by atoms with E-state index < -0.39 is 42.6 Å². The minimum atomic E-state index is -3.94. The SMILES string of the molecule is COc1cc(-c2ccc3nc(C(C(=O)NCCS(N)(=O)=O)S(C)(=O)=O)sc3c2)c(F)cn1. The predicted molar refractivity (Wildman–Crippen MR) is 118 cm³/mol. The van der Waals surface area contributed by atoms with Gasteiger partial charge in [-0.05, 0) is 17.7 Å². The van der Waals surface area contributed by atoms with Crippen molar-refractivity contribution in [3.63, 3.8) is 0 Å². The van der Waals surface area contributed by atoms with Crippen LogP contribution in [-0.4, -0.2) is 58.4 Å². The molecule has 0 aliphatic heterocycles. The predicted octanol–water partition coefficient (Wildman–Crippen LogP) is 0.996. The zero-order valence-corrected chi connectivity index (χ0v) is 19.4. The van der Waals surface area contributed by atoms with E-state index in [1.54, 1.807) is 18.2 Å². The lowest BCUT2D eigenvalue weighted by Crippen LogP contribution is -2.37. The Morgan fingerprint density at radius 1 is 1.28 bits per heavy atom. The molecule has 0 saturated heterocycles. The molecule has 0 bridgehead atoms. The zero-order chi connectivity index (χ0) is 23.7. The summed E-state index contributed by atoms with van der Waals surface area (Å²) in [5.74, 6) is -1.81. The van der Waals surface area contributed by atoms with Crippen molar-refractivity contribution in [1.82, 2.24) is 15.3 Å². The molecule has 1 atom stereocenters. The Bertz CT molecular complexity index is 1390. The van der Waals surface area contributed by atoms with E-state index in [2.05, 4.69) is 15.3 Å². The first-order valence-corrected chi connectivity index (χ1v) is 13.4. The average Bonchev–Trinajstić information content (AvgIpc) is 3.08. The van der Waals surface area contributed by atoms with Crippen molar-refractivity contribution in [2.75, 3.05) is 25.7 Å². The number of ether oxygens (including phenoxy) is 1. The number of carbonyl (C=O) groups is 1. The topological polar surface area (TPSA) is 158 Å². The third-order valence-electron chi connectivity index (χ3n) is 4.33. The van der Waals surface area contributed by atoms with Crippen LogP contribution in [0.3, 0.4) is 0 Å². The second-order valence-electron chi connectivity index (χ2n) is 6.81. The monoisotopic (exact) mass is 502 g/mol. The minimum absolute atomic E-state index is 0.000497. The van der Waals surface area contributed by atoms with Crippen molar-refractivity contribution in [3.05, 3.63) is 41.3 Å². The van der Waals surface area contributed by atoms with Crippen LogP contribution < -0.4 is 15.2 Å². The van der Waals surface area contributed by atoms with Gasteiger partial charge in [-0.15, -0.1) is 11.3 Å². The molecule has 3 N–H and O–H groups in total. The van der Waals surface area contributed by atoms with Gasteiger partial charge in [-0.2, -0.15) is 0 Å². The molecule has 2 heterocycles. The number of carbonyl (C=O) groups excluding carboxylic acids is 1. The highest BCUT2D eigenvalue weighted by atomic mass is 32.2. The number of hydrogen-bond acceptors (Lipinski definition) is 9. The molecule has 0 spiro atoms. The molecule has 10 nitrogen and oxygen atoms in total. The highest BCUT2D eigenvalue weighted by Crippen LogP contribution is 2.34. The van der Waals surface area contributed by atoms with Gasteiger partial charge in [0.25, 0.3) is 0 Å². The maximum atomic E-state index is 14.3. The standard InChI is InChI=1S/C18H19FN4O6S3/c1-29-15-8-11(12(19)9-22-15)10-3-4-13-14(7-10)30-18(23-13)16(31(2,25)26)17(24)21-5-6-32(20,27)28/h3-4,7-9,16H,5-6H2,1-2H3,(H,21,24)(H2,20,27,28). The van der Waals surface area contributed by atoms with Gasteiger partial charge in [0.2, 0.25) is 21.8 Å². The number of amides is 1. The number of thiazole rings is 1. The molecule has 0 saturated carbocycles. The molecule has 1 aromatic carbocycles. The second-order valence-corrected chi connectivity index (χ2v) is 11.7. The van der Waals surface area contributed by atoms with Crippen LogP contribution in [0.25, 0.3) is 21.3 Å². The summed E-state index contributed by atoms with van der Waals surface area (Å²) in [6, 6.07) is 6.23. The third kappa shape index (κ3) is 5.56. The van der Waals surface area contributed by atoms with E-state index in [1.807, 2.05) is 0 Å². The normalized spacial score (nSPS) is 13.1. The largest absolute Gasteiger partial charge is 0.481 e. The van der Waals surface area contributed by atoms with Crippen molar-refractivity contribution in [2.45, 2.75) is 5.25 Å². The fraction of sp³-hybridized carbons (Fsp3) is 0.278. The maximum Gasteiger partial charge on any atom is 0.245 e. The summed E-state index contributed by atoms with van der Waals surface area (Å²) in [6.45, 7) is -0.345. The number of nitrogens with one attached hydrogen (secondary N) is 1. The van der Waals surface area contributed by atoms with E-state index in [0.717, 1.165) is 23.8 Å². The zero-order valence-electron chi connectivity index (χ0n) is 16.9. The Hall–Kier alpha value is -2.68. The molecule has 172 valence electrons.